The van der Waals surface area contributed by atoms with Crippen molar-refractivity contribution in [2.75, 3.05) is 6.54 Å². The number of furan rings is 1. The molecule has 1 saturated heterocycles. The Bertz CT molecular complexity index is 521. The van der Waals surface area contributed by atoms with Gasteiger partial charge < -0.3 is 4.42 Å². The van der Waals surface area contributed by atoms with Gasteiger partial charge in [-0.15, -0.1) is 5.10 Å². The smallest absolute Gasteiger partial charge is 0.120 e. The molecule has 0 amide bonds. The van der Waals surface area contributed by atoms with Crippen LogP contribution in [0.3, 0.4) is 0 Å². The molecule has 4 nitrogen and oxygen atoms in total. The molecule has 102 valence electrons. The van der Waals surface area contributed by atoms with Crippen LogP contribution in [-0.2, 0) is 6.54 Å². The van der Waals surface area contributed by atoms with Crippen molar-refractivity contribution in [3.05, 3.63) is 34.7 Å². The highest BCUT2D eigenvalue weighted by atomic mass is 32.1. The first-order chi connectivity index (χ1) is 9.25. The Kier molecular flexibility index (Phi) is 3.66. The molecular formula is C14H19N3OS. The summed E-state index contributed by atoms with van der Waals surface area (Å²) in [5.41, 5.74) is 1.15. The molecule has 3 heterocycles. The largest absolute Gasteiger partial charge is 0.468 e. The fourth-order valence-electron chi connectivity index (χ4n) is 2.77. The third kappa shape index (κ3) is 2.58. The van der Waals surface area contributed by atoms with E-state index in [4.69, 9.17) is 4.42 Å². The number of rotatable bonds is 4. The fourth-order valence-corrected chi connectivity index (χ4v) is 3.59. The minimum atomic E-state index is 0.414. The van der Waals surface area contributed by atoms with Gasteiger partial charge in [0.1, 0.15) is 5.76 Å². The van der Waals surface area contributed by atoms with E-state index in [0.717, 1.165) is 24.5 Å². The van der Waals surface area contributed by atoms with Gasteiger partial charge in [-0.25, -0.2) is 0 Å². The molecular weight excluding hydrogens is 258 g/mol. The highest BCUT2D eigenvalue weighted by Gasteiger charge is 2.29. The molecule has 3 rings (SSSR count). The van der Waals surface area contributed by atoms with Crippen LogP contribution >= 0.6 is 11.5 Å². The molecule has 1 aliphatic heterocycles. The van der Waals surface area contributed by atoms with Crippen LogP contribution in [0.4, 0.5) is 0 Å². The molecule has 0 unspecified atom stereocenters. The molecule has 0 N–H and O–H groups in total. The van der Waals surface area contributed by atoms with Crippen molar-refractivity contribution >= 4 is 11.5 Å². The van der Waals surface area contributed by atoms with E-state index in [1.54, 1.807) is 6.26 Å². The number of hydrogen-bond donors (Lipinski definition) is 0. The Morgan fingerprint density at radius 1 is 1.53 bits per heavy atom. The standard InChI is InChI=1S/C14H19N3OS/c1-10(2)14-13(19-16-15-14)9-17-7-3-5-11(17)12-6-4-8-18-12/h4,6,8,10-11H,3,5,7,9H2,1-2H3/t11-/m0/s1. The van der Waals surface area contributed by atoms with Crippen LogP contribution in [0.25, 0.3) is 0 Å². The molecule has 1 aliphatic rings. The molecule has 0 spiro atoms. The lowest BCUT2D eigenvalue weighted by molar-refractivity contribution is 0.221. The van der Waals surface area contributed by atoms with Crippen LogP contribution < -0.4 is 0 Å². The monoisotopic (exact) mass is 277 g/mol. The Balaban J connectivity index is 1.77. The number of hydrogen-bond acceptors (Lipinski definition) is 5. The second kappa shape index (κ2) is 5.43. The summed E-state index contributed by atoms with van der Waals surface area (Å²) in [5.74, 6) is 1.53. The molecule has 0 radical (unpaired) electrons. The van der Waals surface area contributed by atoms with Gasteiger partial charge in [0.05, 0.1) is 22.9 Å². The van der Waals surface area contributed by atoms with Crippen LogP contribution in [-0.4, -0.2) is 21.0 Å². The highest BCUT2D eigenvalue weighted by Crippen LogP contribution is 2.34. The quantitative estimate of drug-likeness (QED) is 0.856. The molecule has 0 aliphatic carbocycles. The summed E-state index contributed by atoms with van der Waals surface area (Å²) in [6, 6.07) is 4.47. The number of aromatic nitrogens is 2. The molecule has 19 heavy (non-hydrogen) atoms. The normalized spacial score (nSPS) is 20.5. The van der Waals surface area contributed by atoms with Gasteiger partial charge in [-0.2, -0.15) is 0 Å². The van der Waals surface area contributed by atoms with Gasteiger partial charge in [0.2, 0.25) is 0 Å². The van der Waals surface area contributed by atoms with E-state index in [1.807, 2.05) is 6.07 Å². The fraction of sp³-hybridized carbons (Fsp3) is 0.571. The molecule has 0 saturated carbocycles. The summed E-state index contributed by atoms with van der Waals surface area (Å²) < 4.78 is 9.69. The number of nitrogens with zero attached hydrogens (tertiary/aromatic N) is 3. The maximum atomic E-state index is 5.58. The second-order valence-electron chi connectivity index (χ2n) is 5.38. The van der Waals surface area contributed by atoms with Crippen LogP contribution in [0, 0.1) is 0 Å². The zero-order valence-electron chi connectivity index (χ0n) is 11.4. The van der Waals surface area contributed by atoms with Crippen LogP contribution in [0.1, 0.15) is 55.0 Å². The molecule has 0 bridgehead atoms. The van der Waals surface area contributed by atoms with Crippen molar-refractivity contribution in [2.24, 2.45) is 0 Å². The van der Waals surface area contributed by atoms with Gasteiger partial charge >= 0.3 is 0 Å². The average molecular weight is 277 g/mol. The molecule has 1 fully saturated rings. The van der Waals surface area contributed by atoms with Crippen LogP contribution in [0.15, 0.2) is 22.8 Å². The zero-order valence-corrected chi connectivity index (χ0v) is 12.2. The summed E-state index contributed by atoms with van der Waals surface area (Å²) in [4.78, 5) is 3.79. The van der Waals surface area contributed by atoms with Crippen molar-refractivity contribution < 1.29 is 4.42 Å². The molecule has 0 aromatic carbocycles. The Hall–Kier alpha value is -1.20. The van der Waals surface area contributed by atoms with Crippen molar-refractivity contribution in [1.29, 1.82) is 0 Å². The Morgan fingerprint density at radius 2 is 2.42 bits per heavy atom. The van der Waals surface area contributed by atoms with Gasteiger partial charge in [-0.1, -0.05) is 18.3 Å². The Morgan fingerprint density at radius 3 is 3.16 bits per heavy atom. The third-order valence-corrected chi connectivity index (χ3v) is 4.44. The molecule has 5 heteroatoms. The molecule has 1 atom stereocenters. The lowest BCUT2D eigenvalue weighted by Gasteiger charge is -2.22. The predicted molar refractivity (Wildman–Crippen MR) is 75.1 cm³/mol. The van der Waals surface area contributed by atoms with E-state index in [-0.39, 0.29) is 0 Å². The van der Waals surface area contributed by atoms with E-state index in [2.05, 4.69) is 34.4 Å². The molecule has 2 aromatic heterocycles. The first-order valence-corrected chi connectivity index (χ1v) is 7.61. The summed E-state index contributed by atoms with van der Waals surface area (Å²) in [6.45, 7) is 6.42. The SMILES string of the molecule is CC(C)c1nnsc1CN1CCC[C@H]1c1ccco1. The van der Waals surface area contributed by atoms with Gasteiger partial charge in [-0.05, 0) is 49.0 Å². The van der Waals surface area contributed by atoms with Gasteiger partial charge in [-0.3, -0.25) is 4.90 Å². The first kappa shape index (κ1) is 12.8. The number of likely N-dealkylation sites (tertiary alicyclic amines) is 1. The predicted octanol–water partition coefficient (Wildman–Crippen LogP) is 3.59. The topological polar surface area (TPSA) is 42.2 Å². The maximum Gasteiger partial charge on any atom is 0.120 e. The lowest BCUT2D eigenvalue weighted by atomic mass is 10.1. The van der Waals surface area contributed by atoms with Crippen molar-refractivity contribution in [3.8, 4) is 0 Å². The first-order valence-electron chi connectivity index (χ1n) is 6.84. The highest BCUT2D eigenvalue weighted by molar-refractivity contribution is 7.05. The zero-order chi connectivity index (χ0) is 13.2. The van der Waals surface area contributed by atoms with E-state index in [0.29, 0.717) is 12.0 Å². The Labute approximate surface area is 117 Å². The van der Waals surface area contributed by atoms with E-state index >= 15 is 0 Å². The lowest BCUT2D eigenvalue weighted by Crippen LogP contribution is -2.22. The van der Waals surface area contributed by atoms with E-state index in [1.165, 1.54) is 29.3 Å². The van der Waals surface area contributed by atoms with Gasteiger partial charge in [0, 0.05) is 6.54 Å². The van der Waals surface area contributed by atoms with E-state index in [9.17, 15) is 0 Å². The van der Waals surface area contributed by atoms with Gasteiger partial charge in [0.15, 0.2) is 0 Å². The maximum absolute atomic E-state index is 5.58. The van der Waals surface area contributed by atoms with E-state index < -0.39 is 0 Å². The van der Waals surface area contributed by atoms with Crippen LogP contribution in [0.2, 0.25) is 0 Å². The average Bonchev–Trinajstić information content (AvgIpc) is 3.09. The molecule has 2 aromatic rings. The summed E-state index contributed by atoms with van der Waals surface area (Å²) in [6.07, 6.45) is 4.17. The third-order valence-electron chi connectivity index (χ3n) is 3.71. The summed E-state index contributed by atoms with van der Waals surface area (Å²) in [5, 5.41) is 4.26. The van der Waals surface area contributed by atoms with Crippen molar-refractivity contribution in [3.63, 3.8) is 0 Å². The van der Waals surface area contributed by atoms with Crippen molar-refractivity contribution in [2.45, 2.75) is 45.2 Å². The minimum Gasteiger partial charge on any atom is -0.468 e. The van der Waals surface area contributed by atoms with Gasteiger partial charge in [0.25, 0.3) is 0 Å². The van der Waals surface area contributed by atoms with Crippen LogP contribution in [0.5, 0.6) is 0 Å². The summed E-state index contributed by atoms with van der Waals surface area (Å²) in [7, 11) is 0. The second-order valence-corrected chi connectivity index (χ2v) is 6.22. The van der Waals surface area contributed by atoms with Crippen molar-refractivity contribution in [1.82, 2.24) is 14.5 Å². The summed E-state index contributed by atoms with van der Waals surface area (Å²) >= 11 is 1.53. The minimum absolute atomic E-state index is 0.414.